The Labute approximate surface area is 201 Å². The summed E-state index contributed by atoms with van der Waals surface area (Å²) in [5.74, 6) is -0.466. The lowest BCUT2D eigenvalue weighted by Crippen LogP contribution is -2.40. The predicted molar refractivity (Wildman–Crippen MR) is 131 cm³/mol. The highest BCUT2D eigenvalue weighted by Gasteiger charge is 2.21. The van der Waals surface area contributed by atoms with Gasteiger partial charge in [-0.25, -0.2) is 9.36 Å². The Morgan fingerprint density at radius 2 is 1.69 bits per heavy atom. The van der Waals surface area contributed by atoms with Crippen LogP contribution in [0.2, 0.25) is 15.1 Å². The molecule has 164 valence electrons. The van der Waals surface area contributed by atoms with Crippen molar-refractivity contribution in [2.24, 2.45) is 0 Å². The second kappa shape index (κ2) is 8.75. The number of carbonyl (C=O) groups is 1. The van der Waals surface area contributed by atoms with Crippen LogP contribution in [0.25, 0.3) is 15.9 Å². The van der Waals surface area contributed by atoms with E-state index in [9.17, 15) is 14.4 Å². The maximum Gasteiger partial charge on any atom is 0.337 e. The van der Waals surface area contributed by atoms with E-state index in [-0.39, 0.29) is 6.54 Å². The Bertz CT molecular complexity index is 1480. The molecule has 0 bridgehead atoms. The second-order valence-corrected chi connectivity index (χ2v) is 9.67. The Hall–Kier alpha value is -2.58. The van der Waals surface area contributed by atoms with Gasteiger partial charge in [0.05, 0.1) is 11.1 Å². The molecule has 4 rings (SSSR count). The number of hydrogen-bond donors (Lipinski definition) is 1. The van der Waals surface area contributed by atoms with Gasteiger partial charge in [0.15, 0.2) is 0 Å². The van der Waals surface area contributed by atoms with Crippen molar-refractivity contribution in [3.05, 3.63) is 88.8 Å². The number of aryl methyl sites for hydroxylation is 2. The molecular weight excluding hydrogens is 493 g/mol. The van der Waals surface area contributed by atoms with E-state index in [0.29, 0.717) is 36.7 Å². The number of aromatic nitrogens is 2. The van der Waals surface area contributed by atoms with Gasteiger partial charge in [0.1, 0.15) is 11.4 Å². The van der Waals surface area contributed by atoms with Crippen molar-refractivity contribution in [3.63, 3.8) is 0 Å². The van der Waals surface area contributed by atoms with Gasteiger partial charge in [0.25, 0.3) is 5.56 Å². The molecule has 4 aromatic rings. The molecule has 0 unspecified atom stereocenters. The molecule has 0 saturated carbocycles. The molecule has 0 saturated heterocycles. The van der Waals surface area contributed by atoms with Gasteiger partial charge in [0, 0.05) is 25.6 Å². The number of benzene rings is 2. The third kappa shape index (κ3) is 4.21. The molecule has 2 heterocycles. The molecule has 32 heavy (non-hydrogen) atoms. The van der Waals surface area contributed by atoms with E-state index in [1.54, 1.807) is 36.4 Å². The average molecular weight is 509 g/mol. The van der Waals surface area contributed by atoms with Gasteiger partial charge in [-0.05, 0) is 55.8 Å². The number of amides is 1. The van der Waals surface area contributed by atoms with Gasteiger partial charge in [-0.3, -0.25) is 14.2 Å². The van der Waals surface area contributed by atoms with Gasteiger partial charge in [0.2, 0.25) is 5.91 Å². The monoisotopic (exact) mass is 507 g/mol. The number of thiophene rings is 1. The number of anilines is 1. The Kier molecular flexibility index (Phi) is 6.18. The van der Waals surface area contributed by atoms with Crippen molar-refractivity contribution < 1.29 is 4.79 Å². The first-order valence-electron chi connectivity index (χ1n) is 9.43. The Morgan fingerprint density at radius 3 is 2.34 bits per heavy atom. The lowest BCUT2D eigenvalue weighted by molar-refractivity contribution is -0.116. The van der Waals surface area contributed by atoms with Gasteiger partial charge < -0.3 is 5.32 Å². The SMILES string of the molecule is Cc1sc2c(c1C)c(=O)n(-c1cccc(Cl)c1)c(=O)n2CC(=O)Nc1cc(Cl)cc(Cl)c1. The van der Waals surface area contributed by atoms with Crippen molar-refractivity contribution in [2.45, 2.75) is 20.4 Å². The maximum absolute atomic E-state index is 13.4. The van der Waals surface area contributed by atoms with Gasteiger partial charge in [-0.1, -0.05) is 40.9 Å². The lowest BCUT2D eigenvalue weighted by Gasteiger charge is -2.13. The molecular formula is C22H16Cl3N3O3S. The van der Waals surface area contributed by atoms with Crippen molar-refractivity contribution in [1.29, 1.82) is 0 Å². The summed E-state index contributed by atoms with van der Waals surface area (Å²) in [6.45, 7) is 3.38. The summed E-state index contributed by atoms with van der Waals surface area (Å²) in [5, 5.41) is 4.21. The zero-order valence-corrected chi connectivity index (χ0v) is 20.0. The highest BCUT2D eigenvalue weighted by Crippen LogP contribution is 2.28. The van der Waals surface area contributed by atoms with Crippen LogP contribution in [-0.4, -0.2) is 15.0 Å². The molecule has 0 radical (unpaired) electrons. The number of rotatable bonds is 4. The van der Waals surface area contributed by atoms with Crippen molar-refractivity contribution >= 4 is 68.0 Å². The zero-order valence-electron chi connectivity index (χ0n) is 16.9. The molecule has 10 heteroatoms. The quantitative estimate of drug-likeness (QED) is 0.399. The molecule has 6 nitrogen and oxygen atoms in total. The zero-order chi connectivity index (χ0) is 23.2. The predicted octanol–water partition coefficient (Wildman–Crippen LogP) is 5.43. The third-order valence-electron chi connectivity index (χ3n) is 4.97. The minimum absolute atomic E-state index is 0.306. The van der Waals surface area contributed by atoms with Crippen LogP contribution >= 0.6 is 46.1 Å². The van der Waals surface area contributed by atoms with E-state index in [1.807, 2.05) is 13.8 Å². The standard InChI is InChI=1S/C22H16Cl3N3O3S/c1-11-12(2)32-21-19(11)20(30)28(17-5-3-4-13(23)9-17)22(31)27(21)10-18(29)26-16-7-14(24)6-15(25)8-16/h3-9H,10H2,1-2H3,(H,26,29). The number of nitrogens with one attached hydrogen (secondary N) is 1. The fraction of sp³-hybridized carbons (Fsp3) is 0.136. The van der Waals surface area contributed by atoms with Crippen LogP contribution in [0.15, 0.2) is 52.1 Å². The summed E-state index contributed by atoms with van der Waals surface area (Å²) in [4.78, 5) is 40.8. The number of halogens is 3. The van der Waals surface area contributed by atoms with Crippen LogP contribution in [0.5, 0.6) is 0 Å². The fourth-order valence-electron chi connectivity index (χ4n) is 3.41. The summed E-state index contributed by atoms with van der Waals surface area (Å²) in [6.07, 6.45) is 0. The lowest BCUT2D eigenvalue weighted by atomic mass is 10.2. The molecule has 1 amide bonds. The molecule has 0 fully saturated rings. The van der Waals surface area contributed by atoms with E-state index in [1.165, 1.54) is 22.0 Å². The highest BCUT2D eigenvalue weighted by molar-refractivity contribution is 7.18. The summed E-state index contributed by atoms with van der Waals surface area (Å²) in [7, 11) is 0. The van der Waals surface area contributed by atoms with E-state index >= 15 is 0 Å². The van der Waals surface area contributed by atoms with E-state index in [2.05, 4.69) is 5.32 Å². The normalized spacial score (nSPS) is 11.2. The smallest absolute Gasteiger partial charge is 0.324 e. The highest BCUT2D eigenvalue weighted by atomic mass is 35.5. The molecule has 0 aliphatic rings. The molecule has 0 aliphatic heterocycles. The molecule has 2 aromatic heterocycles. The number of nitrogens with zero attached hydrogens (tertiary/aromatic N) is 2. The van der Waals surface area contributed by atoms with Crippen LogP contribution in [0, 0.1) is 13.8 Å². The summed E-state index contributed by atoms with van der Waals surface area (Å²) >= 11 is 19.4. The van der Waals surface area contributed by atoms with Crippen LogP contribution in [0.1, 0.15) is 10.4 Å². The summed E-state index contributed by atoms with van der Waals surface area (Å²) in [6, 6.07) is 11.1. The van der Waals surface area contributed by atoms with E-state index < -0.39 is 17.2 Å². The maximum atomic E-state index is 13.4. The number of carbonyl (C=O) groups excluding carboxylic acids is 1. The van der Waals surface area contributed by atoms with E-state index in [4.69, 9.17) is 34.8 Å². The minimum Gasteiger partial charge on any atom is -0.324 e. The van der Waals surface area contributed by atoms with Gasteiger partial charge in [-0.2, -0.15) is 0 Å². The Balaban J connectivity index is 1.87. The van der Waals surface area contributed by atoms with E-state index in [0.717, 1.165) is 15.0 Å². The van der Waals surface area contributed by atoms with Crippen molar-refractivity contribution in [3.8, 4) is 5.69 Å². The summed E-state index contributed by atoms with van der Waals surface area (Å²) in [5.41, 5.74) is 0.409. The minimum atomic E-state index is -0.634. The van der Waals surface area contributed by atoms with Crippen LogP contribution in [0.3, 0.4) is 0 Å². The van der Waals surface area contributed by atoms with Gasteiger partial charge in [-0.15, -0.1) is 11.3 Å². The molecule has 0 aliphatic carbocycles. The average Bonchev–Trinajstić information content (AvgIpc) is 2.99. The first kappa shape index (κ1) is 22.6. The van der Waals surface area contributed by atoms with Crippen LogP contribution in [0.4, 0.5) is 5.69 Å². The topological polar surface area (TPSA) is 73.1 Å². The van der Waals surface area contributed by atoms with Crippen molar-refractivity contribution in [2.75, 3.05) is 5.32 Å². The summed E-state index contributed by atoms with van der Waals surface area (Å²) < 4.78 is 2.33. The first-order chi connectivity index (χ1) is 15.2. The third-order valence-corrected chi connectivity index (χ3v) is 6.87. The Morgan fingerprint density at radius 1 is 1.00 bits per heavy atom. The molecule has 1 N–H and O–H groups in total. The largest absolute Gasteiger partial charge is 0.337 e. The van der Waals surface area contributed by atoms with Crippen molar-refractivity contribution in [1.82, 2.24) is 9.13 Å². The first-order valence-corrected chi connectivity index (χ1v) is 11.4. The number of fused-ring (bicyclic) bond motifs is 1. The fourth-order valence-corrected chi connectivity index (χ4v) is 5.26. The van der Waals surface area contributed by atoms with Crippen LogP contribution in [-0.2, 0) is 11.3 Å². The molecule has 2 aromatic carbocycles. The van der Waals surface area contributed by atoms with Gasteiger partial charge >= 0.3 is 5.69 Å². The molecule has 0 spiro atoms. The number of hydrogen-bond acceptors (Lipinski definition) is 4. The molecule has 0 atom stereocenters. The van der Waals surface area contributed by atoms with Crippen LogP contribution < -0.4 is 16.6 Å². The second-order valence-electron chi connectivity index (χ2n) is 7.16.